The molecule has 0 aromatic heterocycles. The fraction of sp³-hybridized carbons (Fsp3) is 0.125. The summed E-state index contributed by atoms with van der Waals surface area (Å²) in [5.74, 6) is 0.355. The summed E-state index contributed by atoms with van der Waals surface area (Å²) in [5.41, 5.74) is 2.83. The van der Waals surface area contributed by atoms with Crippen molar-refractivity contribution in [1.29, 1.82) is 0 Å². The summed E-state index contributed by atoms with van der Waals surface area (Å²) in [7, 11) is 2.72. The van der Waals surface area contributed by atoms with Crippen molar-refractivity contribution in [1.82, 2.24) is 5.43 Å². The molecule has 0 bridgehead atoms. The number of ether oxygens (including phenoxy) is 2. The van der Waals surface area contributed by atoms with E-state index in [1.54, 1.807) is 24.3 Å². The van der Waals surface area contributed by atoms with Crippen molar-refractivity contribution < 1.29 is 19.2 Å². The molecule has 2 N–H and O–H groups in total. The van der Waals surface area contributed by atoms with Gasteiger partial charge in [-0.3, -0.25) is 10.1 Å². The first kappa shape index (κ1) is 19.0. The lowest BCUT2D eigenvalue weighted by molar-refractivity contribution is -0.385. The molecule has 2 amide bonds. The summed E-state index contributed by atoms with van der Waals surface area (Å²) in [5, 5.41) is 17.9. The van der Waals surface area contributed by atoms with Gasteiger partial charge in [0.05, 0.1) is 25.4 Å². The van der Waals surface area contributed by atoms with Crippen molar-refractivity contribution in [2.45, 2.75) is 0 Å². The molecule has 10 heteroatoms. The van der Waals surface area contributed by atoms with Crippen LogP contribution in [0.3, 0.4) is 0 Å². The number of carbonyl (C=O) groups is 1. The molecule has 0 radical (unpaired) electrons. The summed E-state index contributed by atoms with van der Waals surface area (Å²) in [4.78, 5) is 22.3. The molecule has 26 heavy (non-hydrogen) atoms. The Labute approximate surface area is 153 Å². The van der Waals surface area contributed by atoms with Gasteiger partial charge >= 0.3 is 11.7 Å². The van der Waals surface area contributed by atoms with E-state index < -0.39 is 11.0 Å². The number of rotatable bonds is 6. The first-order valence-electron chi connectivity index (χ1n) is 7.20. The highest BCUT2D eigenvalue weighted by atomic mass is 35.5. The molecule has 2 rings (SSSR count). The zero-order chi connectivity index (χ0) is 19.1. The number of hydrogen-bond donors (Lipinski definition) is 2. The van der Waals surface area contributed by atoms with Crippen LogP contribution in [0.2, 0.25) is 5.02 Å². The number of nitrogens with zero attached hydrogens (tertiary/aromatic N) is 2. The highest BCUT2D eigenvalue weighted by Crippen LogP contribution is 2.33. The number of halogens is 1. The van der Waals surface area contributed by atoms with Gasteiger partial charge in [0.25, 0.3) is 0 Å². The molecule has 0 heterocycles. The number of methoxy groups -OCH3 is 2. The Morgan fingerprint density at radius 2 is 1.85 bits per heavy atom. The van der Waals surface area contributed by atoms with Crippen LogP contribution in [-0.4, -0.2) is 31.4 Å². The van der Waals surface area contributed by atoms with Crippen LogP contribution >= 0.6 is 11.6 Å². The third-order valence-electron chi connectivity index (χ3n) is 3.20. The summed E-state index contributed by atoms with van der Waals surface area (Å²) in [6.45, 7) is 0. The zero-order valence-electron chi connectivity index (χ0n) is 13.9. The van der Waals surface area contributed by atoms with Gasteiger partial charge in [-0.1, -0.05) is 11.6 Å². The number of nitrogens with one attached hydrogen (secondary N) is 2. The van der Waals surface area contributed by atoms with Gasteiger partial charge in [0, 0.05) is 28.4 Å². The SMILES string of the molecule is COc1cc(OC)c([N+](=O)[O-])cc1/C=N\NC(=O)Nc1ccc(Cl)cc1. The Morgan fingerprint density at radius 3 is 2.42 bits per heavy atom. The van der Waals surface area contributed by atoms with Crippen molar-refractivity contribution >= 4 is 35.2 Å². The first-order chi connectivity index (χ1) is 12.4. The van der Waals surface area contributed by atoms with E-state index in [9.17, 15) is 14.9 Å². The molecule has 0 spiro atoms. The quantitative estimate of drug-likeness (QED) is 0.454. The Morgan fingerprint density at radius 1 is 1.19 bits per heavy atom. The van der Waals surface area contributed by atoms with E-state index in [0.29, 0.717) is 22.0 Å². The fourth-order valence-corrected chi connectivity index (χ4v) is 2.13. The maximum Gasteiger partial charge on any atom is 0.339 e. The van der Waals surface area contributed by atoms with E-state index in [-0.39, 0.29) is 11.4 Å². The lowest BCUT2D eigenvalue weighted by Gasteiger charge is -2.08. The lowest BCUT2D eigenvalue weighted by Crippen LogP contribution is -2.24. The van der Waals surface area contributed by atoms with E-state index in [4.69, 9.17) is 21.1 Å². The Balaban J connectivity index is 2.11. The van der Waals surface area contributed by atoms with Gasteiger partial charge in [0.1, 0.15) is 5.75 Å². The number of nitro groups is 1. The van der Waals surface area contributed by atoms with Gasteiger partial charge in [-0.15, -0.1) is 0 Å². The molecule has 9 nitrogen and oxygen atoms in total. The summed E-state index contributed by atoms with van der Waals surface area (Å²) in [6.07, 6.45) is 1.23. The molecule has 0 atom stereocenters. The summed E-state index contributed by atoms with van der Waals surface area (Å²) < 4.78 is 10.1. The molecule has 0 aliphatic carbocycles. The Bertz CT molecular complexity index is 839. The highest BCUT2D eigenvalue weighted by Gasteiger charge is 2.18. The van der Waals surface area contributed by atoms with Crippen LogP contribution < -0.4 is 20.2 Å². The number of amides is 2. The van der Waals surface area contributed by atoms with Crippen molar-refractivity contribution in [2.24, 2.45) is 5.10 Å². The van der Waals surface area contributed by atoms with Crippen LogP contribution in [0.5, 0.6) is 11.5 Å². The molecule has 0 saturated heterocycles. The number of urea groups is 1. The molecule has 2 aromatic carbocycles. The number of benzene rings is 2. The van der Waals surface area contributed by atoms with Crippen LogP contribution in [-0.2, 0) is 0 Å². The van der Waals surface area contributed by atoms with Crippen LogP contribution in [0, 0.1) is 10.1 Å². The summed E-state index contributed by atoms with van der Waals surface area (Å²) >= 11 is 5.76. The monoisotopic (exact) mass is 378 g/mol. The van der Waals surface area contributed by atoms with Gasteiger partial charge in [-0.05, 0) is 24.3 Å². The normalized spacial score (nSPS) is 10.4. The minimum absolute atomic E-state index is 0.0532. The van der Waals surface area contributed by atoms with Crippen LogP contribution in [0.25, 0.3) is 0 Å². The molecule has 0 aliphatic heterocycles. The predicted molar refractivity (Wildman–Crippen MR) is 97.4 cm³/mol. The molecular formula is C16H15ClN4O5. The average Bonchev–Trinajstić information content (AvgIpc) is 2.63. The number of carbonyl (C=O) groups excluding carboxylic acids is 1. The average molecular weight is 379 g/mol. The second-order valence-corrected chi connectivity index (χ2v) is 5.29. The number of hydrazone groups is 1. The topological polar surface area (TPSA) is 115 Å². The van der Waals surface area contributed by atoms with E-state index >= 15 is 0 Å². The van der Waals surface area contributed by atoms with Crippen molar-refractivity contribution in [2.75, 3.05) is 19.5 Å². The number of anilines is 1. The molecule has 0 saturated carbocycles. The smallest absolute Gasteiger partial charge is 0.339 e. The molecule has 136 valence electrons. The lowest BCUT2D eigenvalue weighted by atomic mass is 10.1. The van der Waals surface area contributed by atoms with Gasteiger partial charge < -0.3 is 14.8 Å². The maximum absolute atomic E-state index is 11.8. The fourth-order valence-electron chi connectivity index (χ4n) is 2.00. The first-order valence-corrected chi connectivity index (χ1v) is 7.58. The molecule has 2 aromatic rings. The minimum atomic E-state index is -0.592. The summed E-state index contributed by atoms with van der Waals surface area (Å²) in [6, 6.07) is 8.52. The van der Waals surface area contributed by atoms with Gasteiger partial charge in [-0.25, -0.2) is 10.2 Å². The molecule has 0 unspecified atom stereocenters. The highest BCUT2D eigenvalue weighted by molar-refractivity contribution is 6.30. The van der Waals surface area contributed by atoms with E-state index in [1.165, 1.54) is 32.6 Å². The molecule has 0 fully saturated rings. The second-order valence-electron chi connectivity index (χ2n) is 4.85. The second kappa shape index (κ2) is 8.67. The number of nitro benzene ring substituents is 1. The van der Waals surface area contributed by atoms with Crippen molar-refractivity contribution in [3.05, 3.63) is 57.1 Å². The third-order valence-corrected chi connectivity index (χ3v) is 3.45. The standard InChI is InChI=1S/C16H15ClN4O5/c1-25-14-8-15(26-2)13(21(23)24)7-10(14)9-18-20-16(22)19-12-5-3-11(17)4-6-12/h3-9H,1-2H3,(H2,19,20,22)/b18-9-. The van der Waals surface area contributed by atoms with Crippen molar-refractivity contribution in [3.63, 3.8) is 0 Å². The molecule has 0 aliphatic rings. The minimum Gasteiger partial charge on any atom is -0.496 e. The number of hydrogen-bond acceptors (Lipinski definition) is 6. The molecular weight excluding hydrogens is 364 g/mol. The van der Waals surface area contributed by atoms with Crippen LogP contribution in [0.4, 0.5) is 16.2 Å². The van der Waals surface area contributed by atoms with E-state index in [1.807, 2.05) is 0 Å². The van der Waals surface area contributed by atoms with E-state index in [2.05, 4.69) is 15.8 Å². The predicted octanol–water partition coefficient (Wildman–Crippen LogP) is 3.42. The van der Waals surface area contributed by atoms with Gasteiger partial charge in [0.15, 0.2) is 0 Å². The van der Waals surface area contributed by atoms with Crippen LogP contribution in [0.15, 0.2) is 41.5 Å². The van der Waals surface area contributed by atoms with Gasteiger partial charge in [-0.2, -0.15) is 5.10 Å². The Kier molecular flexibility index (Phi) is 6.34. The maximum atomic E-state index is 11.8. The largest absolute Gasteiger partial charge is 0.496 e. The Hall–Kier alpha value is -3.33. The van der Waals surface area contributed by atoms with Crippen LogP contribution in [0.1, 0.15) is 5.56 Å². The van der Waals surface area contributed by atoms with Gasteiger partial charge in [0.2, 0.25) is 5.75 Å². The third kappa shape index (κ3) is 4.84. The van der Waals surface area contributed by atoms with Crippen molar-refractivity contribution in [3.8, 4) is 11.5 Å². The zero-order valence-corrected chi connectivity index (χ0v) is 14.6. The van der Waals surface area contributed by atoms with E-state index in [0.717, 1.165) is 0 Å².